The van der Waals surface area contributed by atoms with Crippen LogP contribution in [0.15, 0.2) is 157 Å². The van der Waals surface area contributed by atoms with Crippen LogP contribution in [0, 0.1) is 23.7 Å². The molecule has 5 aromatic rings. The summed E-state index contributed by atoms with van der Waals surface area (Å²) in [6, 6.07) is 42.4. The molecule has 0 saturated heterocycles. The van der Waals surface area contributed by atoms with Gasteiger partial charge in [-0.3, -0.25) is 4.98 Å². The molecule has 2 nitrogen and oxygen atoms in total. The average Bonchev–Trinajstić information content (AvgIpc) is 3.43. The maximum atomic E-state index is 4.22. The maximum absolute atomic E-state index is 4.22. The number of nitrogens with zero attached hydrogens (tertiary/aromatic N) is 2. The van der Waals surface area contributed by atoms with Gasteiger partial charge in [0, 0.05) is 35.4 Å². The first-order valence-electron chi connectivity index (χ1n) is 17.9. The Morgan fingerprint density at radius 2 is 1.12 bits per heavy atom. The summed E-state index contributed by atoms with van der Waals surface area (Å²) in [6.45, 7) is 0. The summed E-state index contributed by atoms with van der Waals surface area (Å²) in [4.78, 5) is 6.62. The summed E-state index contributed by atoms with van der Waals surface area (Å²) in [5, 5.41) is 0. The molecule has 1 heterocycles. The van der Waals surface area contributed by atoms with Gasteiger partial charge >= 0.3 is 0 Å². The van der Waals surface area contributed by atoms with Crippen molar-refractivity contribution in [3.63, 3.8) is 0 Å². The van der Waals surface area contributed by atoms with Gasteiger partial charge in [-0.15, -0.1) is 0 Å². The van der Waals surface area contributed by atoms with E-state index in [0.29, 0.717) is 0 Å². The number of anilines is 2. The molecule has 6 aliphatic carbocycles. The van der Waals surface area contributed by atoms with Crippen LogP contribution in [-0.4, -0.2) is 4.98 Å². The van der Waals surface area contributed by atoms with E-state index in [1.165, 1.54) is 82.4 Å². The van der Waals surface area contributed by atoms with Gasteiger partial charge in [0.25, 0.3) is 0 Å². The number of hydrogen-bond acceptors (Lipinski definition) is 2. The molecule has 4 fully saturated rings. The predicted molar refractivity (Wildman–Crippen MR) is 198 cm³/mol. The van der Waals surface area contributed by atoms with Gasteiger partial charge in [-0.2, -0.15) is 0 Å². The summed E-state index contributed by atoms with van der Waals surface area (Å²) in [5.41, 5.74) is 15.2. The highest BCUT2D eigenvalue weighted by Crippen LogP contribution is 2.70. The third kappa shape index (κ3) is 4.35. The Hall–Kier alpha value is -4.95. The topological polar surface area (TPSA) is 16.1 Å². The molecule has 234 valence electrons. The second kappa shape index (κ2) is 11.1. The number of benzene rings is 4. The van der Waals surface area contributed by atoms with Crippen LogP contribution in [0.25, 0.3) is 27.8 Å². The summed E-state index contributed by atoms with van der Waals surface area (Å²) in [7, 11) is 0. The number of pyridine rings is 1. The van der Waals surface area contributed by atoms with E-state index in [9.17, 15) is 0 Å². The third-order valence-electron chi connectivity index (χ3n) is 12.5. The second-order valence-electron chi connectivity index (χ2n) is 14.9. The van der Waals surface area contributed by atoms with Crippen LogP contribution >= 0.6 is 0 Å². The van der Waals surface area contributed by atoms with Crippen molar-refractivity contribution in [2.75, 3.05) is 4.90 Å². The number of allylic oxidation sites excluding steroid dienone is 5. The van der Waals surface area contributed by atoms with Crippen LogP contribution in [0.3, 0.4) is 0 Å². The van der Waals surface area contributed by atoms with Crippen LogP contribution in [0.5, 0.6) is 0 Å². The van der Waals surface area contributed by atoms with Crippen molar-refractivity contribution >= 4 is 16.9 Å². The van der Waals surface area contributed by atoms with Crippen LogP contribution in [-0.2, 0) is 5.41 Å². The van der Waals surface area contributed by atoms with Crippen molar-refractivity contribution < 1.29 is 0 Å². The molecule has 1 spiro atoms. The van der Waals surface area contributed by atoms with E-state index in [0.717, 1.165) is 30.1 Å². The minimum Gasteiger partial charge on any atom is -0.317 e. The Bertz CT molecular complexity index is 1970. The third-order valence-corrected chi connectivity index (χ3v) is 12.5. The lowest BCUT2D eigenvalue weighted by molar-refractivity contribution is -0.0429. The normalized spacial score (nSPS) is 27.0. The van der Waals surface area contributed by atoms with Crippen molar-refractivity contribution in [2.45, 2.75) is 43.9 Å². The van der Waals surface area contributed by atoms with Gasteiger partial charge in [-0.25, -0.2) is 0 Å². The molecule has 0 N–H and O–H groups in total. The Kier molecular flexibility index (Phi) is 6.47. The van der Waals surface area contributed by atoms with E-state index in [4.69, 9.17) is 0 Å². The van der Waals surface area contributed by atoms with Gasteiger partial charge in [0.1, 0.15) is 0 Å². The fraction of sp³-hybridized carbons (Fsp3) is 0.239. The molecular formula is C46H40N2. The molecule has 0 unspecified atom stereocenters. The number of rotatable bonds is 5. The minimum absolute atomic E-state index is 0.220. The molecule has 6 aliphatic rings. The quantitative estimate of drug-likeness (QED) is 0.194. The molecule has 4 saturated carbocycles. The van der Waals surface area contributed by atoms with E-state index < -0.39 is 0 Å². The number of fused-ring (bicyclic) bond motifs is 2. The first-order chi connectivity index (χ1) is 23.7. The summed E-state index contributed by atoms with van der Waals surface area (Å²) in [5.74, 6) is 3.48. The lowest BCUT2D eigenvalue weighted by Gasteiger charge is -2.62. The first-order valence-corrected chi connectivity index (χ1v) is 17.9. The zero-order valence-electron chi connectivity index (χ0n) is 27.3. The zero-order valence-corrected chi connectivity index (χ0v) is 27.3. The monoisotopic (exact) mass is 620 g/mol. The zero-order chi connectivity index (χ0) is 31.7. The fourth-order valence-corrected chi connectivity index (χ4v) is 10.7. The molecule has 2 heteroatoms. The van der Waals surface area contributed by atoms with E-state index in [-0.39, 0.29) is 5.41 Å². The van der Waals surface area contributed by atoms with E-state index in [2.05, 4.69) is 143 Å². The Labute approximate surface area is 284 Å². The second-order valence-corrected chi connectivity index (χ2v) is 14.9. The van der Waals surface area contributed by atoms with Crippen molar-refractivity contribution in [1.29, 1.82) is 0 Å². The highest BCUT2D eigenvalue weighted by atomic mass is 15.1. The van der Waals surface area contributed by atoms with Gasteiger partial charge in [-0.05, 0) is 149 Å². The van der Waals surface area contributed by atoms with Crippen molar-refractivity contribution in [3.05, 3.63) is 168 Å². The summed E-state index contributed by atoms with van der Waals surface area (Å²) in [6.07, 6.45) is 19.2. The van der Waals surface area contributed by atoms with Gasteiger partial charge in [0.2, 0.25) is 0 Å². The molecular weight excluding hydrogens is 581 g/mol. The molecule has 4 bridgehead atoms. The van der Waals surface area contributed by atoms with Crippen LogP contribution < -0.4 is 4.90 Å². The lowest BCUT2D eigenvalue weighted by atomic mass is 9.42. The minimum atomic E-state index is 0.220. The standard InChI is InChI=1S/C46H40N2/c1-2-6-34(7-3-1)35-11-15-40(16-12-35)48(41-17-13-36(14-18-41)37-20-22-47-23-21-37)30-31-10-19-43-42-8-4-5-9-44(42)46(45(43)29-31)38-25-32-24-33(27-38)28-39(46)26-32/h1-23,30,32-33,38-39H,24-29H2/b31-30-. The highest BCUT2D eigenvalue weighted by molar-refractivity contribution is 5.89. The Balaban J connectivity index is 1.05. The van der Waals surface area contributed by atoms with E-state index in [1.54, 1.807) is 11.1 Å². The molecule has 0 radical (unpaired) electrons. The molecule has 4 aromatic carbocycles. The Morgan fingerprint density at radius 1 is 0.562 bits per heavy atom. The number of hydrogen-bond donors (Lipinski definition) is 0. The molecule has 0 atom stereocenters. The molecule has 0 aliphatic heterocycles. The maximum Gasteiger partial charge on any atom is 0.0456 e. The highest BCUT2D eigenvalue weighted by Gasteiger charge is 2.62. The smallest absolute Gasteiger partial charge is 0.0456 e. The summed E-state index contributed by atoms with van der Waals surface area (Å²) < 4.78 is 0. The van der Waals surface area contributed by atoms with Crippen LogP contribution in [0.1, 0.15) is 49.7 Å². The van der Waals surface area contributed by atoms with Gasteiger partial charge < -0.3 is 4.90 Å². The van der Waals surface area contributed by atoms with Gasteiger partial charge in [0.05, 0.1) is 0 Å². The molecule has 1 aromatic heterocycles. The van der Waals surface area contributed by atoms with Crippen LogP contribution in [0.2, 0.25) is 0 Å². The molecule has 0 amide bonds. The van der Waals surface area contributed by atoms with Crippen LogP contribution in [0.4, 0.5) is 11.4 Å². The van der Waals surface area contributed by atoms with Gasteiger partial charge in [0.15, 0.2) is 0 Å². The van der Waals surface area contributed by atoms with E-state index >= 15 is 0 Å². The SMILES string of the molecule is C1=C/C(=C/N(c2ccc(-c3ccccc3)cc2)c2ccc(-c3ccncc3)cc2)CC2=C1c1ccccc1C21C2CC3CC(C2)CC1C3. The molecule has 11 rings (SSSR count). The van der Waals surface area contributed by atoms with Crippen molar-refractivity contribution in [3.8, 4) is 22.3 Å². The van der Waals surface area contributed by atoms with E-state index in [1.807, 2.05) is 12.4 Å². The Morgan fingerprint density at radius 3 is 1.77 bits per heavy atom. The van der Waals surface area contributed by atoms with Gasteiger partial charge in [-0.1, -0.05) is 91.0 Å². The van der Waals surface area contributed by atoms with Crippen molar-refractivity contribution in [1.82, 2.24) is 4.98 Å². The predicted octanol–water partition coefficient (Wildman–Crippen LogP) is 11.6. The largest absolute Gasteiger partial charge is 0.317 e. The lowest BCUT2D eigenvalue weighted by Crippen LogP contribution is -2.55. The molecule has 48 heavy (non-hydrogen) atoms. The summed E-state index contributed by atoms with van der Waals surface area (Å²) >= 11 is 0. The van der Waals surface area contributed by atoms with Crippen molar-refractivity contribution in [2.24, 2.45) is 23.7 Å². The fourth-order valence-electron chi connectivity index (χ4n) is 10.7. The average molecular weight is 621 g/mol. The first kappa shape index (κ1) is 28.1. The number of aromatic nitrogens is 1.